The minimum absolute atomic E-state index is 0.545. The summed E-state index contributed by atoms with van der Waals surface area (Å²) in [5.41, 5.74) is 19.8. The number of fused-ring (bicyclic) bond motifs is 10. The van der Waals surface area contributed by atoms with E-state index in [2.05, 4.69) is 253 Å². The third-order valence-electron chi connectivity index (χ3n) is 12.7. The SMILES string of the molecule is C=C/C=C\C=C/N(c1ccccc1)c1cc(N(c2ccccc2)c2ccc(-c3ccc(-c4ccccc4)cc3)cc2)cc2c1-c1ccccc1C21c2ccccc2-c2ccccc21. The van der Waals surface area contributed by atoms with Gasteiger partial charge in [0.25, 0.3) is 0 Å². The number of allylic oxidation sites excluding steroid dienone is 4. The molecule has 9 aromatic rings. The van der Waals surface area contributed by atoms with Gasteiger partial charge in [-0.05, 0) is 116 Å². The predicted octanol–water partition coefficient (Wildman–Crippen LogP) is 16.2. The summed E-state index contributed by atoms with van der Waals surface area (Å²) >= 11 is 0. The predicted molar refractivity (Wildman–Crippen MR) is 265 cm³/mol. The van der Waals surface area contributed by atoms with Crippen LogP contribution in [0.1, 0.15) is 22.3 Å². The molecule has 2 aliphatic rings. The number of para-hydroxylation sites is 2. The average molecular weight is 805 g/mol. The Bertz CT molecular complexity index is 3120. The fourth-order valence-corrected chi connectivity index (χ4v) is 9.98. The van der Waals surface area contributed by atoms with Crippen LogP contribution < -0.4 is 9.80 Å². The van der Waals surface area contributed by atoms with E-state index in [0.29, 0.717) is 0 Å². The van der Waals surface area contributed by atoms with Crippen LogP contribution in [0, 0.1) is 0 Å². The molecule has 0 saturated heterocycles. The van der Waals surface area contributed by atoms with E-state index < -0.39 is 5.41 Å². The van der Waals surface area contributed by atoms with Crippen molar-refractivity contribution in [1.82, 2.24) is 0 Å². The molecule has 0 amide bonds. The molecule has 1 spiro atoms. The Morgan fingerprint density at radius 1 is 0.349 bits per heavy atom. The van der Waals surface area contributed by atoms with Gasteiger partial charge in [-0.1, -0.05) is 201 Å². The quantitative estimate of drug-likeness (QED) is 0.127. The minimum atomic E-state index is -0.545. The van der Waals surface area contributed by atoms with Crippen molar-refractivity contribution in [3.63, 3.8) is 0 Å². The lowest BCUT2D eigenvalue weighted by molar-refractivity contribution is 0.793. The molecule has 0 radical (unpaired) electrons. The van der Waals surface area contributed by atoms with Gasteiger partial charge in [0.05, 0.1) is 11.1 Å². The Morgan fingerprint density at radius 2 is 0.794 bits per heavy atom. The molecule has 0 heterocycles. The topological polar surface area (TPSA) is 6.48 Å². The van der Waals surface area contributed by atoms with Crippen LogP contribution in [-0.4, -0.2) is 0 Å². The normalized spacial score (nSPS) is 12.8. The van der Waals surface area contributed by atoms with Crippen molar-refractivity contribution in [3.05, 3.63) is 284 Å². The lowest BCUT2D eigenvalue weighted by Crippen LogP contribution is -2.26. The lowest BCUT2D eigenvalue weighted by Gasteiger charge is -2.34. The second kappa shape index (κ2) is 16.0. The minimum Gasteiger partial charge on any atom is -0.316 e. The number of nitrogens with zero attached hydrogens (tertiary/aromatic N) is 2. The average Bonchev–Trinajstić information content (AvgIpc) is 3.83. The molecule has 2 heteroatoms. The molecule has 2 nitrogen and oxygen atoms in total. The standard InChI is InChI=1S/C61H44N2/c1-2-3-4-20-41-62(48-23-10-6-11-24-48)59-43-51(42-58-60(59)54-29-16-19-32-57(54)61(58)55-30-17-14-27-52(55)53-28-15-18-31-56(53)61)63(49-25-12-7-13-26-49)50-39-37-47(38-40-50)46-35-33-45(34-36-46)44-21-8-5-9-22-44/h2-43H,1H2/b4-3-,41-20-. The molecule has 9 aromatic carbocycles. The van der Waals surface area contributed by atoms with E-state index in [9.17, 15) is 0 Å². The van der Waals surface area contributed by atoms with Crippen LogP contribution in [-0.2, 0) is 5.41 Å². The van der Waals surface area contributed by atoms with Gasteiger partial charge >= 0.3 is 0 Å². The molecule has 2 aliphatic carbocycles. The smallest absolute Gasteiger partial charge is 0.0727 e. The highest BCUT2D eigenvalue weighted by atomic mass is 15.2. The monoisotopic (exact) mass is 804 g/mol. The molecule has 0 aliphatic heterocycles. The number of anilines is 5. The van der Waals surface area contributed by atoms with Gasteiger partial charge in [-0.25, -0.2) is 0 Å². The van der Waals surface area contributed by atoms with Gasteiger partial charge in [0.1, 0.15) is 0 Å². The van der Waals surface area contributed by atoms with Crippen LogP contribution in [0.15, 0.2) is 262 Å². The van der Waals surface area contributed by atoms with Crippen molar-refractivity contribution in [1.29, 1.82) is 0 Å². The molecule has 0 fully saturated rings. The zero-order valence-corrected chi connectivity index (χ0v) is 34.9. The van der Waals surface area contributed by atoms with Crippen LogP contribution in [0.4, 0.5) is 28.4 Å². The van der Waals surface area contributed by atoms with E-state index in [1.54, 1.807) is 0 Å². The van der Waals surface area contributed by atoms with Gasteiger partial charge in [-0.15, -0.1) is 0 Å². The Hall–Kier alpha value is -8.20. The summed E-state index contributed by atoms with van der Waals surface area (Å²) in [6.45, 7) is 3.93. The molecule has 0 aromatic heterocycles. The first kappa shape index (κ1) is 37.8. The Balaban J connectivity index is 1.16. The summed E-state index contributed by atoms with van der Waals surface area (Å²) in [5, 5.41) is 0. The molecular weight excluding hydrogens is 761 g/mol. The van der Waals surface area contributed by atoms with E-state index in [4.69, 9.17) is 0 Å². The Labute approximate surface area is 370 Å². The van der Waals surface area contributed by atoms with E-state index in [0.717, 1.165) is 28.4 Å². The van der Waals surface area contributed by atoms with E-state index >= 15 is 0 Å². The van der Waals surface area contributed by atoms with Gasteiger partial charge in [0, 0.05) is 34.5 Å². The Kier molecular flexibility index (Phi) is 9.60. The molecule has 0 atom stereocenters. The number of hydrogen-bond acceptors (Lipinski definition) is 2. The summed E-state index contributed by atoms with van der Waals surface area (Å²) in [6, 6.07) is 81.9. The largest absolute Gasteiger partial charge is 0.316 e. The Morgan fingerprint density at radius 3 is 1.37 bits per heavy atom. The third-order valence-corrected chi connectivity index (χ3v) is 12.7. The van der Waals surface area contributed by atoms with Crippen molar-refractivity contribution in [2.75, 3.05) is 9.80 Å². The van der Waals surface area contributed by atoms with Crippen molar-refractivity contribution >= 4 is 28.4 Å². The summed E-state index contributed by atoms with van der Waals surface area (Å²) in [4.78, 5) is 4.77. The second-order valence-corrected chi connectivity index (χ2v) is 16.1. The molecule has 11 rings (SSSR count). The molecular formula is C61H44N2. The van der Waals surface area contributed by atoms with Crippen LogP contribution in [0.3, 0.4) is 0 Å². The fraction of sp³-hybridized carbons (Fsp3) is 0.0164. The maximum absolute atomic E-state index is 3.93. The highest BCUT2D eigenvalue weighted by Gasteiger charge is 2.52. The van der Waals surface area contributed by atoms with E-state index in [1.807, 2.05) is 18.2 Å². The first-order valence-electron chi connectivity index (χ1n) is 21.6. The van der Waals surface area contributed by atoms with Crippen LogP contribution in [0.2, 0.25) is 0 Å². The van der Waals surface area contributed by atoms with Crippen LogP contribution >= 0.6 is 0 Å². The van der Waals surface area contributed by atoms with Gasteiger partial charge in [-0.3, -0.25) is 0 Å². The fourth-order valence-electron chi connectivity index (χ4n) is 9.98. The van der Waals surface area contributed by atoms with Gasteiger partial charge in [0.2, 0.25) is 0 Å². The first-order chi connectivity index (χ1) is 31.2. The summed E-state index contributed by atoms with van der Waals surface area (Å²) in [7, 11) is 0. The lowest BCUT2D eigenvalue weighted by atomic mass is 9.70. The summed E-state index contributed by atoms with van der Waals surface area (Å²) in [6.07, 6.45) is 10.1. The highest BCUT2D eigenvalue weighted by Crippen LogP contribution is 2.65. The van der Waals surface area contributed by atoms with Crippen molar-refractivity contribution in [3.8, 4) is 44.5 Å². The number of hydrogen-bond donors (Lipinski definition) is 0. The zero-order valence-electron chi connectivity index (χ0n) is 34.9. The van der Waals surface area contributed by atoms with Crippen molar-refractivity contribution < 1.29 is 0 Å². The molecule has 0 bridgehead atoms. The number of rotatable bonds is 10. The maximum Gasteiger partial charge on any atom is 0.0727 e. The first-order valence-corrected chi connectivity index (χ1v) is 21.6. The summed E-state index contributed by atoms with van der Waals surface area (Å²) < 4.78 is 0. The molecule has 0 saturated carbocycles. The third kappa shape index (κ3) is 6.35. The molecule has 0 N–H and O–H groups in total. The van der Waals surface area contributed by atoms with Crippen LogP contribution in [0.25, 0.3) is 44.5 Å². The summed E-state index contributed by atoms with van der Waals surface area (Å²) in [5.74, 6) is 0. The van der Waals surface area contributed by atoms with Gasteiger partial charge in [-0.2, -0.15) is 0 Å². The number of benzene rings is 9. The van der Waals surface area contributed by atoms with Crippen molar-refractivity contribution in [2.45, 2.75) is 5.41 Å². The van der Waals surface area contributed by atoms with Crippen molar-refractivity contribution in [2.24, 2.45) is 0 Å². The second-order valence-electron chi connectivity index (χ2n) is 16.1. The van der Waals surface area contributed by atoms with E-state index in [1.165, 1.54) is 66.8 Å². The molecule has 298 valence electrons. The molecule has 63 heavy (non-hydrogen) atoms. The molecule has 0 unspecified atom stereocenters. The highest BCUT2D eigenvalue weighted by molar-refractivity contribution is 6.02. The van der Waals surface area contributed by atoms with E-state index in [-0.39, 0.29) is 0 Å². The van der Waals surface area contributed by atoms with Gasteiger partial charge in [0.15, 0.2) is 0 Å². The zero-order chi connectivity index (χ0) is 42.2. The van der Waals surface area contributed by atoms with Crippen LogP contribution in [0.5, 0.6) is 0 Å². The maximum atomic E-state index is 3.93. The van der Waals surface area contributed by atoms with Gasteiger partial charge < -0.3 is 9.80 Å².